The maximum atomic E-state index is 10.6. The van der Waals surface area contributed by atoms with Gasteiger partial charge in [-0.25, -0.2) is 4.79 Å². The largest absolute Gasteiger partial charge is 0.475 e. The summed E-state index contributed by atoms with van der Waals surface area (Å²) in [5.41, 5.74) is 0. The van der Waals surface area contributed by atoms with Crippen LogP contribution in [0.5, 0.6) is 0 Å². The predicted octanol–water partition coefficient (Wildman–Crippen LogP) is 2.60. The fourth-order valence-electron chi connectivity index (χ4n) is 1.36. The van der Waals surface area contributed by atoms with Crippen molar-refractivity contribution in [1.82, 2.24) is 0 Å². The third kappa shape index (κ3) is 3.31. The third-order valence-electron chi connectivity index (χ3n) is 2.28. The quantitative estimate of drug-likeness (QED) is 0.735. The minimum absolute atomic E-state index is 0.00709. The van der Waals surface area contributed by atoms with Crippen molar-refractivity contribution in [2.45, 2.75) is 26.2 Å². The summed E-state index contributed by atoms with van der Waals surface area (Å²) < 4.78 is 5.16. The summed E-state index contributed by atoms with van der Waals surface area (Å²) in [6.07, 6.45) is 3.44. The fourth-order valence-corrected chi connectivity index (χ4v) is 1.36. The van der Waals surface area contributed by atoms with Gasteiger partial charge < -0.3 is 14.4 Å². The van der Waals surface area contributed by atoms with E-state index in [0.29, 0.717) is 5.88 Å². The van der Waals surface area contributed by atoms with E-state index in [2.05, 4.69) is 6.92 Å². The number of nitrogens with zero attached hydrogens (tertiary/aromatic N) is 1. The Bertz CT molecular complexity index is 319. The maximum absolute atomic E-state index is 10.6. The predicted molar refractivity (Wildman–Crippen MR) is 58.5 cm³/mol. The molecule has 4 heteroatoms. The highest BCUT2D eigenvalue weighted by atomic mass is 16.4. The third-order valence-corrected chi connectivity index (χ3v) is 2.28. The molecule has 0 aliphatic rings. The lowest BCUT2D eigenvalue weighted by molar-refractivity contribution is 0.0663. The molecule has 15 heavy (non-hydrogen) atoms. The van der Waals surface area contributed by atoms with Gasteiger partial charge in [-0.1, -0.05) is 19.8 Å². The van der Waals surface area contributed by atoms with Crippen molar-refractivity contribution >= 4 is 11.9 Å². The summed E-state index contributed by atoms with van der Waals surface area (Å²) in [7, 11) is 1.90. The average Bonchev–Trinajstić information content (AvgIpc) is 2.66. The Morgan fingerprint density at radius 2 is 2.20 bits per heavy atom. The molecule has 84 valence electrons. The zero-order valence-electron chi connectivity index (χ0n) is 9.19. The Labute approximate surface area is 89.5 Å². The molecule has 1 N–H and O–H groups in total. The molecule has 0 amide bonds. The fraction of sp³-hybridized carbons (Fsp3) is 0.545. The molecule has 0 spiro atoms. The number of carboxylic acids is 1. The van der Waals surface area contributed by atoms with Crippen molar-refractivity contribution in [3.05, 3.63) is 17.9 Å². The van der Waals surface area contributed by atoms with Gasteiger partial charge >= 0.3 is 5.97 Å². The van der Waals surface area contributed by atoms with Gasteiger partial charge in [-0.2, -0.15) is 0 Å². The van der Waals surface area contributed by atoms with Crippen LogP contribution in [-0.2, 0) is 0 Å². The first kappa shape index (κ1) is 11.6. The number of carboxylic acid groups (broad SMARTS) is 1. The molecule has 1 heterocycles. The lowest BCUT2D eigenvalue weighted by Gasteiger charge is -2.14. The van der Waals surface area contributed by atoms with Gasteiger partial charge in [-0.15, -0.1) is 0 Å². The molecular formula is C11H17NO3. The minimum Gasteiger partial charge on any atom is -0.475 e. The normalized spacial score (nSPS) is 10.3. The van der Waals surface area contributed by atoms with Crippen LogP contribution in [0.25, 0.3) is 0 Å². The Kier molecular flexibility index (Phi) is 4.21. The molecule has 0 unspecified atom stereocenters. The average molecular weight is 211 g/mol. The number of hydrogen-bond donors (Lipinski definition) is 1. The van der Waals surface area contributed by atoms with Crippen LogP contribution in [0.4, 0.5) is 5.88 Å². The molecule has 0 aliphatic carbocycles. The molecular weight excluding hydrogens is 194 g/mol. The van der Waals surface area contributed by atoms with Crippen LogP contribution in [0.2, 0.25) is 0 Å². The van der Waals surface area contributed by atoms with Crippen molar-refractivity contribution in [3.63, 3.8) is 0 Å². The molecule has 0 atom stereocenters. The first-order valence-corrected chi connectivity index (χ1v) is 5.19. The number of aromatic carboxylic acids is 1. The topological polar surface area (TPSA) is 53.7 Å². The number of hydrogen-bond acceptors (Lipinski definition) is 3. The summed E-state index contributed by atoms with van der Waals surface area (Å²) in [6, 6.07) is 3.17. The lowest BCUT2D eigenvalue weighted by Crippen LogP contribution is -2.17. The lowest BCUT2D eigenvalue weighted by atomic mass is 10.2. The highest BCUT2D eigenvalue weighted by molar-refractivity contribution is 5.84. The van der Waals surface area contributed by atoms with Gasteiger partial charge in [-0.3, -0.25) is 0 Å². The highest BCUT2D eigenvalue weighted by Gasteiger charge is 2.11. The molecule has 0 saturated carbocycles. The molecule has 0 bridgehead atoms. The first-order valence-electron chi connectivity index (χ1n) is 5.19. The standard InChI is InChI=1S/C11H17NO3/c1-3-4-5-8-12(2)10-7-6-9(15-10)11(13)14/h6-7H,3-5,8H2,1-2H3,(H,13,14). The van der Waals surface area contributed by atoms with Crippen LogP contribution >= 0.6 is 0 Å². The molecule has 0 aliphatic heterocycles. The Morgan fingerprint density at radius 1 is 1.47 bits per heavy atom. The van der Waals surface area contributed by atoms with Gasteiger partial charge in [0.25, 0.3) is 0 Å². The molecule has 0 radical (unpaired) electrons. The van der Waals surface area contributed by atoms with Crippen molar-refractivity contribution in [3.8, 4) is 0 Å². The Morgan fingerprint density at radius 3 is 2.73 bits per heavy atom. The van der Waals surface area contributed by atoms with Crippen LogP contribution < -0.4 is 4.90 Å². The summed E-state index contributed by atoms with van der Waals surface area (Å²) in [4.78, 5) is 12.5. The summed E-state index contributed by atoms with van der Waals surface area (Å²) in [5, 5.41) is 8.68. The van der Waals surface area contributed by atoms with E-state index in [1.165, 1.54) is 18.9 Å². The second-order valence-electron chi connectivity index (χ2n) is 3.57. The Hall–Kier alpha value is -1.45. The number of furan rings is 1. The Balaban J connectivity index is 2.50. The number of anilines is 1. The summed E-state index contributed by atoms with van der Waals surface area (Å²) in [6.45, 7) is 3.04. The summed E-state index contributed by atoms with van der Waals surface area (Å²) >= 11 is 0. The monoisotopic (exact) mass is 211 g/mol. The van der Waals surface area contributed by atoms with E-state index in [1.54, 1.807) is 6.07 Å². The molecule has 1 aromatic rings. The van der Waals surface area contributed by atoms with Gasteiger partial charge in [0.2, 0.25) is 5.76 Å². The minimum atomic E-state index is -1.02. The van der Waals surface area contributed by atoms with E-state index < -0.39 is 5.97 Å². The van der Waals surface area contributed by atoms with Gasteiger partial charge in [-0.05, 0) is 12.5 Å². The molecule has 0 aromatic carbocycles. The van der Waals surface area contributed by atoms with Crippen molar-refractivity contribution in [2.24, 2.45) is 0 Å². The van der Waals surface area contributed by atoms with Crippen molar-refractivity contribution in [2.75, 3.05) is 18.5 Å². The molecule has 4 nitrogen and oxygen atoms in total. The van der Waals surface area contributed by atoms with Crippen molar-refractivity contribution < 1.29 is 14.3 Å². The van der Waals surface area contributed by atoms with E-state index >= 15 is 0 Å². The second-order valence-corrected chi connectivity index (χ2v) is 3.57. The molecule has 0 saturated heterocycles. The SMILES string of the molecule is CCCCCN(C)c1ccc(C(=O)O)o1. The second kappa shape index (κ2) is 5.44. The summed E-state index contributed by atoms with van der Waals surface area (Å²) in [5.74, 6) is -0.418. The van der Waals surface area contributed by atoms with Crippen LogP contribution in [-0.4, -0.2) is 24.7 Å². The smallest absolute Gasteiger partial charge is 0.371 e. The van der Waals surface area contributed by atoms with Gasteiger partial charge in [0.15, 0.2) is 5.88 Å². The van der Waals surface area contributed by atoms with E-state index in [0.717, 1.165) is 13.0 Å². The van der Waals surface area contributed by atoms with E-state index in [1.807, 2.05) is 11.9 Å². The van der Waals surface area contributed by atoms with Crippen LogP contribution in [0.1, 0.15) is 36.7 Å². The van der Waals surface area contributed by atoms with Gasteiger partial charge in [0, 0.05) is 19.7 Å². The number of carbonyl (C=O) groups is 1. The maximum Gasteiger partial charge on any atom is 0.371 e. The highest BCUT2D eigenvalue weighted by Crippen LogP contribution is 2.17. The van der Waals surface area contributed by atoms with Gasteiger partial charge in [0.1, 0.15) is 0 Å². The molecule has 1 aromatic heterocycles. The van der Waals surface area contributed by atoms with Crippen LogP contribution in [0, 0.1) is 0 Å². The van der Waals surface area contributed by atoms with Crippen molar-refractivity contribution in [1.29, 1.82) is 0 Å². The van der Waals surface area contributed by atoms with E-state index in [9.17, 15) is 4.79 Å². The zero-order chi connectivity index (χ0) is 11.3. The van der Waals surface area contributed by atoms with Crippen LogP contribution in [0.15, 0.2) is 16.5 Å². The van der Waals surface area contributed by atoms with E-state index in [4.69, 9.17) is 9.52 Å². The first-order chi connectivity index (χ1) is 7.15. The molecule has 1 rings (SSSR count). The molecule has 0 fully saturated rings. The number of unbranched alkanes of at least 4 members (excludes halogenated alkanes) is 2. The van der Waals surface area contributed by atoms with Crippen LogP contribution in [0.3, 0.4) is 0 Å². The zero-order valence-corrected chi connectivity index (χ0v) is 9.19. The van der Waals surface area contributed by atoms with Gasteiger partial charge in [0.05, 0.1) is 0 Å². The van der Waals surface area contributed by atoms with E-state index in [-0.39, 0.29) is 5.76 Å². The number of rotatable bonds is 6.